The number of guanidine groups is 1. The van der Waals surface area contributed by atoms with Gasteiger partial charge in [0.15, 0.2) is 17.4 Å². The fourth-order valence-corrected chi connectivity index (χ4v) is 3.70. The first-order chi connectivity index (χ1) is 10.8. The lowest BCUT2D eigenvalue weighted by Crippen LogP contribution is -2.42. The van der Waals surface area contributed by atoms with Gasteiger partial charge >= 0.3 is 0 Å². The van der Waals surface area contributed by atoms with E-state index in [4.69, 9.17) is 0 Å². The Labute approximate surface area is 130 Å². The second-order valence-corrected chi connectivity index (χ2v) is 6.47. The molecule has 1 aliphatic heterocycles. The maximum atomic E-state index is 4.45. The van der Waals surface area contributed by atoms with Gasteiger partial charge in [-0.2, -0.15) is 0 Å². The van der Waals surface area contributed by atoms with Crippen LogP contribution in [0.15, 0.2) is 29.4 Å². The van der Waals surface area contributed by atoms with E-state index in [0.717, 1.165) is 30.5 Å². The molecule has 1 N–H and O–H groups in total. The summed E-state index contributed by atoms with van der Waals surface area (Å²) in [6.45, 7) is 2.90. The van der Waals surface area contributed by atoms with Crippen LogP contribution in [0.25, 0.3) is 5.65 Å². The SMILES string of the molecule is CN=C(NCc1nnc2ccccn12)N1CCC2(CCC2)C1. The summed E-state index contributed by atoms with van der Waals surface area (Å²) in [5.41, 5.74) is 1.46. The molecular weight excluding hydrogens is 276 g/mol. The Bertz CT molecular complexity index is 699. The van der Waals surface area contributed by atoms with Crippen LogP contribution in [0.5, 0.6) is 0 Å². The fraction of sp³-hybridized carbons (Fsp3) is 0.562. The van der Waals surface area contributed by atoms with Crippen LogP contribution in [0.4, 0.5) is 0 Å². The highest BCUT2D eigenvalue weighted by atomic mass is 15.3. The summed E-state index contributed by atoms with van der Waals surface area (Å²) in [5, 5.41) is 11.9. The lowest BCUT2D eigenvalue weighted by atomic mass is 9.68. The van der Waals surface area contributed by atoms with Crippen LogP contribution in [0, 0.1) is 5.41 Å². The minimum absolute atomic E-state index is 0.583. The zero-order valence-electron chi connectivity index (χ0n) is 13.0. The first kappa shape index (κ1) is 13.5. The number of fused-ring (bicyclic) bond motifs is 1. The van der Waals surface area contributed by atoms with Crippen molar-refractivity contribution in [2.45, 2.75) is 32.2 Å². The van der Waals surface area contributed by atoms with E-state index in [1.54, 1.807) is 0 Å². The van der Waals surface area contributed by atoms with Gasteiger partial charge in [-0.15, -0.1) is 10.2 Å². The normalized spacial score (nSPS) is 20.6. The van der Waals surface area contributed by atoms with Gasteiger partial charge in [-0.1, -0.05) is 12.5 Å². The Morgan fingerprint density at radius 1 is 1.32 bits per heavy atom. The molecule has 0 atom stereocenters. The second-order valence-electron chi connectivity index (χ2n) is 6.47. The maximum Gasteiger partial charge on any atom is 0.194 e. The third-order valence-corrected chi connectivity index (χ3v) is 5.15. The Hall–Kier alpha value is -2.11. The Kier molecular flexibility index (Phi) is 3.24. The van der Waals surface area contributed by atoms with E-state index in [1.807, 2.05) is 35.8 Å². The monoisotopic (exact) mass is 298 g/mol. The fourth-order valence-electron chi connectivity index (χ4n) is 3.70. The van der Waals surface area contributed by atoms with E-state index in [9.17, 15) is 0 Å². The molecule has 6 heteroatoms. The molecule has 2 aromatic heterocycles. The van der Waals surface area contributed by atoms with Crippen molar-refractivity contribution in [3.8, 4) is 0 Å². The number of nitrogens with zero attached hydrogens (tertiary/aromatic N) is 5. The molecule has 0 unspecified atom stereocenters. The lowest BCUT2D eigenvalue weighted by molar-refractivity contribution is 0.151. The van der Waals surface area contributed by atoms with Crippen molar-refractivity contribution in [1.82, 2.24) is 24.8 Å². The number of hydrogen-bond acceptors (Lipinski definition) is 3. The summed E-state index contributed by atoms with van der Waals surface area (Å²) in [6, 6.07) is 5.93. The maximum absolute atomic E-state index is 4.45. The molecule has 1 aliphatic carbocycles. The smallest absolute Gasteiger partial charge is 0.194 e. The molecule has 0 amide bonds. The van der Waals surface area contributed by atoms with Crippen LogP contribution in [0.2, 0.25) is 0 Å². The van der Waals surface area contributed by atoms with Crippen molar-refractivity contribution in [3.05, 3.63) is 30.2 Å². The van der Waals surface area contributed by atoms with Gasteiger partial charge in [0, 0.05) is 26.3 Å². The molecule has 3 heterocycles. The number of rotatable bonds is 2. The van der Waals surface area contributed by atoms with Crippen molar-refractivity contribution in [1.29, 1.82) is 0 Å². The van der Waals surface area contributed by atoms with Crippen LogP contribution < -0.4 is 5.32 Å². The van der Waals surface area contributed by atoms with Gasteiger partial charge in [-0.05, 0) is 36.8 Å². The van der Waals surface area contributed by atoms with Crippen molar-refractivity contribution in [2.24, 2.45) is 10.4 Å². The second kappa shape index (κ2) is 5.26. The summed E-state index contributed by atoms with van der Waals surface area (Å²) < 4.78 is 2.01. The Balaban J connectivity index is 1.43. The average molecular weight is 298 g/mol. The summed E-state index contributed by atoms with van der Waals surface area (Å²) in [5.74, 6) is 1.89. The number of likely N-dealkylation sites (tertiary alicyclic amines) is 1. The van der Waals surface area contributed by atoms with Gasteiger partial charge in [0.1, 0.15) is 0 Å². The highest BCUT2D eigenvalue weighted by Crippen LogP contribution is 2.47. The molecule has 22 heavy (non-hydrogen) atoms. The minimum Gasteiger partial charge on any atom is -0.349 e. The Morgan fingerprint density at radius 2 is 2.23 bits per heavy atom. The quantitative estimate of drug-likeness (QED) is 0.677. The van der Waals surface area contributed by atoms with E-state index in [-0.39, 0.29) is 0 Å². The summed E-state index contributed by atoms with van der Waals surface area (Å²) in [7, 11) is 1.86. The molecule has 2 aliphatic rings. The molecule has 116 valence electrons. The molecule has 6 nitrogen and oxygen atoms in total. The highest BCUT2D eigenvalue weighted by Gasteiger charge is 2.43. The van der Waals surface area contributed by atoms with Gasteiger partial charge in [-0.3, -0.25) is 9.39 Å². The van der Waals surface area contributed by atoms with Gasteiger partial charge in [-0.25, -0.2) is 0 Å². The minimum atomic E-state index is 0.583. The molecule has 4 rings (SSSR count). The van der Waals surface area contributed by atoms with Gasteiger partial charge in [0.25, 0.3) is 0 Å². The predicted molar refractivity (Wildman–Crippen MR) is 85.7 cm³/mol. The van der Waals surface area contributed by atoms with Crippen molar-refractivity contribution >= 4 is 11.6 Å². The number of hydrogen-bond donors (Lipinski definition) is 1. The van der Waals surface area contributed by atoms with Crippen molar-refractivity contribution in [2.75, 3.05) is 20.1 Å². The molecule has 2 aromatic rings. The van der Waals surface area contributed by atoms with Crippen LogP contribution in [0.1, 0.15) is 31.5 Å². The number of aromatic nitrogens is 3. The van der Waals surface area contributed by atoms with Crippen molar-refractivity contribution < 1.29 is 0 Å². The van der Waals surface area contributed by atoms with Gasteiger partial charge < -0.3 is 10.2 Å². The Morgan fingerprint density at radius 3 is 2.95 bits per heavy atom. The first-order valence-corrected chi connectivity index (χ1v) is 8.04. The van der Waals surface area contributed by atoms with E-state index < -0.39 is 0 Å². The molecule has 0 bridgehead atoms. The topological polar surface area (TPSA) is 57.8 Å². The summed E-state index contributed by atoms with van der Waals surface area (Å²) in [6.07, 6.45) is 7.46. The third kappa shape index (κ3) is 2.23. The lowest BCUT2D eigenvalue weighted by Gasteiger charge is -2.38. The van der Waals surface area contributed by atoms with E-state index >= 15 is 0 Å². The number of pyridine rings is 1. The zero-order valence-corrected chi connectivity index (χ0v) is 13.0. The molecule has 1 saturated heterocycles. The summed E-state index contributed by atoms with van der Waals surface area (Å²) >= 11 is 0. The van der Waals surface area contributed by atoms with E-state index in [2.05, 4.69) is 25.4 Å². The summed E-state index contributed by atoms with van der Waals surface area (Å²) in [4.78, 5) is 6.84. The first-order valence-electron chi connectivity index (χ1n) is 8.04. The molecule has 1 saturated carbocycles. The molecule has 2 fully saturated rings. The number of aliphatic imine (C=N–C) groups is 1. The molecule has 0 radical (unpaired) electrons. The van der Waals surface area contributed by atoms with Gasteiger partial charge in [0.2, 0.25) is 0 Å². The average Bonchev–Trinajstić information content (AvgIpc) is 3.13. The van der Waals surface area contributed by atoms with Crippen LogP contribution in [-0.2, 0) is 6.54 Å². The number of nitrogens with one attached hydrogen (secondary N) is 1. The zero-order chi connectivity index (χ0) is 15.0. The van der Waals surface area contributed by atoms with Crippen LogP contribution in [-0.4, -0.2) is 45.6 Å². The van der Waals surface area contributed by atoms with Gasteiger partial charge in [0.05, 0.1) is 6.54 Å². The van der Waals surface area contributed by atoms with Crippen LogP contribution in [0.3, 0.4) is 0 Å². The van der Waals surface area contributed by atoms with Crippen LogP contribution >= 0.6 is 0 Å². The van der Waals surface area contributed by atoms with E-state index in [0.29, 0.717) is 12.0 Å². The predicted octanol–water partition coefficient (Wildman–Crippen LogP) is 1.68. The van der Waals surface area contributed by atoms with Crippen molar-refractivity contribution in [3.63, 3.8) is 0 Å². The highest BCUT2D eigenvalue weighted by molar-refractivity contribution is 5.80. The van der Waals surface area contributed by atoms with E-state index in [1.165, 1.54) is 25.7 Å². The third-order valence-electron chi connectivity index (χ3n) is 5.15. The standard InChI is InChI=1S/C16H22N6/c1-17-15(21-10-8-16(12-21)6-4-7-16)18-11-14-20-19-13-5-2-3-9-22(13)14/h2-3,5,9H,4,6-8,10-12H2,1H3,(H,17,18). The molecule has 0 aromatic carbocycles. The molecular formula is C16H22N6. The molecule has 1 spiro atoms. The largest absolute Gasteiger partial charge is 0.349 e.